The minimum Gasteiger partial charge on any atom is -0.349 e. The lowest BCUT2D eigenvalue weighted by Gasteiger charge is -2.21. The van der Waals surface area contributed by atoms with Crippen LogP contribution in [0.3, 0.4) is 0 Å². The Hall–Kier alpha value is -3.04. The van der Waals surface area contributed by atoms with Crippen molar-refractivity contribution in [3.05, 3.63) is 76.1 Å². The highest BCUT2D eigenvalue weighted by Gasteiger charge is 2.28. The second kappa shape index (κ2) is 11.6. The van der Waals surface area contributed by atoms with Crippen LogP contribution < -0.4 is 16.0 Å². The van der Waals surface area contributed by atoms with E-state index in [0.717, 1.165) is 25.9 Å². The molecule has 2 aromatic carbocycles. The molecule has 2 aromatic rings. The van der Waals surface area contributed by atoms with E-state index in [1.54, 1.807) is 30.3 Å². The molecular weight excluding hydrogens is 459 g/mol. The largest absolute Gasteiger partial charge is 0.349 e. The summed E-state index contributed by atoms with van der Waals surface area (Å²) >= 11 is 1.27. The predicted octanol–water partition coefficient (Wildman–Crippen LogP) is 2.09. The van der Waals surface area contributed by atoms with Crippen molar-refractivity contribution in [2.75, 3.05) is 32.0 Å². The van der Waals surface area contributed by atoms with Gasteiger partial charge in [0, 0.05) is 30.9 Å². The van der Waals surface area contributed by atoms with Crippen LogP contribution in [0, 0.1) is 0 Å². The summed E-state index contributed by atoms with van der Waals surface area (Å²) in [5.41, 5.74) is 3.66. The van der Waals surface area contributed by atoms with E-state index >= 15 is 0 Å². The van der Waals surface area contributed by atoms with Gasteiger partial charge in [-0.1, -0.05) is 35.1 Å². The highest BCUT2D eigenvalue weighted by molar-refractivity contribution is 8.05. The topological polar surface area (TPSA) is 90.5 Å². The average Bonchev–Trinajstić information content (AvgIpc) is 3.22. The smallest absolute Gasteiger partial charge is 0.251 e. The molecule has 0 spiro atoms. The van der Waals surface area contributed by atoms with Gasteiger partial charge in [0.05, 0.1) is 5.25 Å². The minimum absolute atomic E-state index is 0.0403. The van der Waals surface area contributed by atoms with Gasteiger partial charge in [-0.15, -0.1) is 11.8 Å². The third kappa shape index (κ3) is 6.77. The Bertz CT molecular complexity index is 1120. The second-order valence-corrected chi connectivity index (χ2v) is 10.1. The monoisotopic (exact) mass is 488 g/mol. The maximum Gasteiger partial charge on any atom is 0.251 e. The Kier molecular flexibility index (Phi) is 8.31. The molecule has 0 saturated carbocycles. The number of carbonyl (C=O) groups excluding carboxylic acids is 3. The van der Waals surface area contributed by atoms with E-state index in [-0.39, 0.29) is 29.5 Å². The van der Waals surface area contributed by atoms with Crippen LogP contribution in [-0.2, 0) is 22.4 Å². The van der Waals surface area contributed by atoms with Gasteiger partial charge in [0.15, 0.2) is 0 Å². The van der Waals surface area contributed by atoms with Gasteiger partial charge >= 0.3 is 0 Å². The van der Waals surface area contributed by atoms with Crippen LogP contribution in [0.5, 0.6) is 0 Å². The number of rotatable bonds is 7. The van der Waals surface area contributed by atoms with Crippen molar-refractivity contribution >= 4 is 43.0 Å². The number of benzene rings is 2. The third-order valence-corrected chi connectivity index (χ3v) is 7.37. The number of anilines is 1. The molecule has 2 aliphatic rings. The second-order valence-electron chi connectivity index (χ2n) is 8.86. The first-order valence-electron chi connectivity index (χ1n) is 11.8. The van der Waals surface area contributed by atoms with Crippen LogP contribution >= 0.6 is 11.8 Å². The van der Waals surface area contributed by atoms with Crippen molar-refractivity contribution in [3.63, 3.8) is 0 Å². The van der Waals surface area contributed by atoms with E-state index in [9.17, 15) is 14.4 Å². The molecular formula is C26H29BN4O3S. The van der Waals surface area contributed by atoms with Crippen molar-refractivity contribution in [1.29, 1.82) is 0 Å². The van der Waals surface area contributed by atoms with E-state index in [4.69, 9.17) is 7.85 Å². The van der Waals surface area contributed by atoms with Gasteiger partial charge in [-0.3, -0.25) is 14.4 Å². The summed E-state index contributed by atoms with van der Waals surface area (Å²) in [6.07, 6.45) is 4.19. The quantitative estimate of drug-likeness (QED) is 0.520. The van der Waals surface area contributed by atoms with Crippen molar-refractivity contribution in [2.45, 2.75) is 30.6 Å². The molecule has 2 heterocycles. The molecule has 2 atom stereocenters. The Labute approximate surface area is 211 Å². The summed E-state index contributed by atoms with van der Waals surface area (Å²) in [4.78, 5) is 41.5. The van der Waals surface area contributed by atoms with Gasteiger partial charge < -0.3 is 20.9 Å². The first-order chi connectivity index (χ1) is 16.9. The van der Waals surface area contributed by atoms with Crippen molar-refractivity contribution in [1.82, 2.24) is 15.5 Å². The highest BCUT2D eigenvalue weighted by Crippen LogP contribution is 2.30. The SMILES string of the molecule is [B]C1=CCC(C(=O)N[C@H](CNC(=O)c2ccccc2)C(=O)Nc2ccc3c(c2)CCN(C)CC3)S1. The number of nitrogens with zero attached hydrogens (tertiary/aromatic N) is 1. The van der Waals surface area contributed by atoms with E-state index < -0.39 is 6.04 Å². The van der Waals surface area contributed by atoms with Crippen molar-refractivity contribution in [3.8, 4) is 0 Å². The molecule has 4 rings (SSSR count). The molecule has 0 aromatic heterocycles. The van der Waals surface area contributed by atoms with Crippen molar-refractivity contribution in [2.24, 2.45) is 0 Å². The van der Waals surface area contributed by atoms with Gasteiger partial charge in [-0.25, -0.2) is 0 Å². The Morgan fingerprint density at radius 1 is 1.09 bits per heavy atom. The van der Waals surface area contributed by atoms with Crippen LogP contribution in [0.15, 0.2) is 59.4 Å². The molecule has 3 N–H and O–H groups in total. The van der Waals surface area contributed by atoms with Gasteiger partial charge in [0.25, 0.3) is 5.91 Å². The summed E-state index contributed by atoms with van der Waals surface area (Å²) in [5.74, 6) is -0.986. The normalized spacial score (nSPS) is 18.5. The number of allylic oxidation sites excluding steroid dienone is 1. The maximum absolute atomic E-state index is 13.2. The fraction of sp³-hybridized carbons (Fsp3) is 0.346. The predicted molar refractivity (Wildman–Crippen MR) is 141 cm³/mol. The van der Waals surface area contributed by atoms with Crippen LogP contribution in [0.1, 0.15) is 27.9 Å². The lowest BCUT2D eigenvalue weighted by molar-refractivity contribution is -0.126. The molecule has 0 aliphatic carbocycles. The van der Waals surface area contributed by atoms with Crippen molar-refractivity contribution < 1.29 is 14.4 Å². The maximum atomic E-state index is 13.2. The minimum atomic E-state index is -0.942. The van der Waals surface area contributed by atoms with Gasteiger partial charge in [-0.2, -0.15) is 0 Å². The molecule has 0 fully saturated rings. The zero-order valence-corrected chi connectivity index (χ0v) is 20.6. The number of likely N-dealkylation sites (N-methyl/N-ethyl adjacent to an activating group) is 1. The average molecular weight is 488 g/mol. The summed E-state index contributed by atoms with van der Waals surface area (Å²) in [6, 6.07) is 13.8. The molecule has 2 aliphatic heterocycles. The van der Waals surface area contributed by atoms with Crippen LogP contribution in [0.4, 0.5) is 5.69 Å². The highest BCUT2D eigenvalue weighted by atomic mass is 32.2. The summed E-state index contributed by atoms with van der Waals surface area (Å²) in [5, 5.41) is 8.11. The molecule has 0 saturated heterocycles. The number of nitrogens with one attached hydrogen (secondary N) is 3. The molecule has 9 heteroatoms. The van der Waals surface area contributed by atoms with Gasteiger partial charge in [0.2, 0.25) is 11.8 Å². The van der Waals surface area contributed by atoms with Crippen LogP contribution in [-0.4, -0.2) is 68.4 Å². The van der Waals surface area contributed by atoms with Gasteiger partial charge in [0.1, 0.15) is 13.9 Å². The first-order valence-corrected chi connectivity index (χ1v) is 12.6. The standard InChI is InChI=1S/C26H29BN4O3S/c1-31-13-11-17-7-8-20(15-19(17)12-14-31)29-25(33)21(30-26(34)22-9-10-23(27)35-22)16-28-24(32)18-5-3-2-4-6-18/h2-8,10,15,21-22H,9,11-14,16H2,1H3,(H,28,32)(H,29,33)(H,30,34)/t21-,22?/m1/s1. The molecule has 35 heavy (non-hydrogen) atoms. The van der Waals surface area contributed by atoms with Gasteiger partial charge in [-0.05, 0) is 61.7 Å². The molecule has 1 unspecified atom stereocenters. The number of carbonyl (C=O) groups is 3. The Morgan fingerprint density at radius 2 is 1.83 bits per heavy atom. The zero-order chi connectivity index (χ0) is 24.8. The third-order valence-electron chi connectivity index (χ3n) is 6.24. The lowest BCUT2D eigenvalue weighted by atomic mass is 10.0. The number of hydrogen-bond acceptors (Lipinski definition) is 5. The number of thioether (sulfide) groups is 1. The first kappa shape index (κ1) is 25.1. The van der Waals surface area contributed by atoms with E-state index in [2.05, 4.69) is 34.0 Å². The fourth-order valence-corrected chi connectivity index (χ4v) is 5.04. The number of hydrogen-bond donors (Lipinski definition) is 3. The Balaban J connectivity index is 1.44. The zero-order valence-electron chi connectivity index (χ0n) is 19.8. The molecule has 7 nitrogen and oxygen atoms in total. The molecule has 3 amide bonds. The summed E-state index contributed by atoms with van der Waals surface area (Å²) < 4.78 is 0. The van der Waals surface area contributed by atoms with Crippen LogP contribution in [0.2, 0.25) is 0 Å². The lowest BCUT2D eigenvalue weighted by Crippen LogP contribution is -2.52. The Morgan fingerprint density at radius 3 is 2.54 bits per heavy atom. The molecule has 2 radical (unpaired) electrons. The number of amides is 3. The van der Waals surface area contributed by atoms with E-state index in [1.165, 1.54) is 22.9 Å². The van der Waals surface area contributed by atoms with E-state index in [0.29, 0.717) is 22.5 Å². The van der Waals surface area contributed by atoms with E-state index in [1.807, 2.05) is 18.2 Å². The molecule has 180 valence electrons. The fourth-order valence-electron chi connectivity index (χ4n) is 4.15. The molecule has 0 bridgehead atoms. The summed E-state index contributed by atoms with van der Waals surface area (Å²) in [6.45, 7) is 1.93. The summed E-state index contributed by atoms with van der Waals surface area (Å²) in [7, 11) is 7.91. The van der Waals surface area contributed by atoms with Crippen LogP contribution in [0.25, 0.3) is 0 Å². The number of fused-ring (bicyclic) bond motifs is 1.